The van der Waals surface area contributed by atoms with Gasteiger partial charge in [-0.25, -0.2) is 0 Å². The zero-order chi connectivity index (χ0) is 16.8. The summed E-state index contributed by atoms with van der Waals surface area (Å²) < 4.78 is 0. The maximum atomic E-state index is 9.64. The molecule has 0 spiro atoms. The summed E-state index contributed by atoms with van der Waals surface area (Å²) in [5, 5.41) is 22.2. The molecule has 0 unspecified atom stereocenters. The molecule has 3 aromatic rings. The summed E-state index contributed by atoms with van der Waals surface area (Å²) in [6, 6.07) is 23.7. The monoisotopic (exact) mass is 337 g/mol. The van der Waals surface area contributed by atoms with Gasteiger partial charge in [0.05, 0.1) is 6.61 Å². The number of phenols is 1. The van der Waals surface area contributed by atoms with E-state index in [-0.39, 0.29) is 12.4 Å². The van der Waals surface area contributed by atoms with Crippen molar-refractivity contribution in [2.45, 2.75) is 22.9 Å². The fourth-order valence-corrected chi connectivity index (χ4v) is 3.35. The number of benzene rings is 3. The van der Waals surface area contributed by atoms with Crippen LogP contribution in [0.3, 0.4) is 0 Å². The Morgan fingerprint density at radius 3 is 2.38 bits per heavy atom. The second kappa shape index (κ2) is 7.90. The molecule has 0 aliphatic heterocycles. The average Bonchev–Trinajstić information content (AvgIpc) is 2.63. The molecule has 0 amide bonds. The van der Waals surface area contributed by atoms with Crippen LogP contribution in [0.1, 0.15) is 11.1 Å². The molecule has 3 nitrogen and oxygen atoms in total. The zero-order valence-corrected chi connectivity index (χ0v) is 14.0. The summed E-state index contributed by atoms with van der Waals surface area (Å²) in [6.07, 6.45) is 0. The van der Waals surface area contributed by atoms with E-state index in [2.05, 4.69) is 29.6 Å². The first kappa shape index (κ1) is 16.4. The van der Waals surface area contributed by atoms with Crippen LogP contribution in [-0.4, -0.2) is 10.2 Å². The van der Waals surface area contributed by atoms with E-state index in [0.717, 1.165) is 5.69 Å². The lowest BCUT2D eigenvalue weighted by Crippen LogP contribution is -2.01. The second-order valence-corrected chi connectivity index (χ2v) is 6.49. The minimum atomic E-state index is -0.179. The van der Waals surface area contributed by atoms with Crippen molar-refractivity contribution in [2.24, 2.45) is 0 Å². The van der Waals surface area contributed by atoms with Gasteiger partial charge in [-0.05, 0) is 42.0 Å². The number of hydrogen-bond donors (Lipinski definition) is 3. The van der Waals surface area contributed by atoms with Gasteiger partial charge in [-0.15, -0.1) is 0 Å². The Balaban J connectivity index is 1.74. The van der Waals surface area contributed by atoms with Gasteiger partial charge in [0, 0.05) is 27.6 Å². The molecule has 122 valence electrons. The zero-order valence-electron chi connectivity index (χ0n) is 13.1. The number of aromatic hydroxyl groups is 1. The van der Waals surface area contributed by atoms with E-state index in [1.165, 1.54) is 15.4 Å². The molecule has 0 bridgehead atoms. The predicted octanol–water partition coefficient (Wildman–Crippen LogP) is 4.65. The van der Waals surface area contributed by atoms with Gasteiger partial charge in [-0.1, -0.05) is 48.2 Å². The van der Waals surface area contributed by atoms with Gasteiger partial charge in [0.1, 0.15) is 5.75 Å². The fraction of sp³-hybridized carbons (Fsp3) is 0.100. The standard InChI is InChI=1S/C20H19NO2S/c22-14-16-12-17(10-11-19(16)23)21-13-15-6-4-5-9-20(15)24-18-7-2-1-3-8-18/h1-12,21-23H,13-14H2. The highest BCUT2D eigenvalue weighted by Gasteiger charge is 2.05. The molecule has 0 heterocycles. The maximum absolute atomic E-state index is 9.64. The lowest BCUT2D eigenvalue weighted by Gasteiger charge is -2.12. The van der Waals surface area contributed by atoms with E-state index in [0.29, 0.717) is 12.1 Å². The summed E-state index contributed by atoms with van der Waals surface area (Å²) in [5.41, 5.74) is 2.59. The van der Waals surface area contributed by atoms with Crippen LogP contribution in [0.2, 0.25) is 0 Å². The lowest BCUT2D eigenvalue weighted by atomic mass is 10.1. The van der Waals surface area contributed by atoms with Crippen LogP contribution in [-0.2, 0) is 13.2 Å². The van der Waals surface area contributed by atoms with Crippen molar-refractivity contribution < 1.29 is 10.2 Å². The third-order valence-electron chi connectivity index (χ3n) is 3.68. The van der Waals surface area contributed by atoms with Crippen molar-refractivity contribution >= 4 is 17.4 Å². The molecule has 0 saturated carbocycles. The van der Waals surface area contributed by atoms with Gasteiger partial charge in [-0.2, -0.15) is 0 Å². The molecular weight excluding hydrogens is 318 g/mol. The molecular formula is C20H19NO2S. The van der Waals surface area contributed by atoms with Crippen molar-refractivity contribution in [3.05, 3.63) is 83.9 Å². The molecule has 0 saturated heterocycles. The van der Waals surface area contributed by atoms with E-state index in [1.54, 1.807) is 30.0 Å². The summed E-state index contributed by atoms with van der Waals surface area (Å²) in [4.78, 5) is 2.41. The topological polar surface area (TPSA) is 52.5 Å². The minimum Gasteiger partial charge on any atom is -0.508 e. The Bertz CT molecular complexity index is 806. The molecule has 24 heavy (non-hydrogen) atoms. The van der Waals surface area contributed by atoms with Crippen LogP contribution in [0, 0.1) is 0 Å². The van der Waals surface area contributed by atoms with Crippen LogP contribution in [0.15, 0.2) is 82.6 Å². The highest BCUT2D eigenvalue weighted by molar-refractivity contribution is 7.99. The first-order valence-electron chi connectivity index (χ1n) is 7.73. The lowest BCUT2D eigenvalue weighted by molar-refractivity contribution is 0.275. The van der Waals surface area contributed by atoms with Crippen molar-refractivity contribution in [3.8, 4) is 5.75 Å². The molecule has 3 aromatic carbocycles. The summed E-state index contributed by atoms with van der Waals surface area (Å²) in [7, 11) is 0. The van der Waals surface area contributed by atoms with Gasteiger partial charge in [-0.3, -0.25) is 0 Å². The highest BCUT2D eigenvalue weighted by atomic mass is 32.2. The highest BCUT2D eigenvalue weighted by Crippen LogP contribution is 2.31. The van der Waals surface area contributed by atoms with Crippen molar-refractivity contribution in [1.82, 2.24) is 0 Å². The normalized spacial score (nSPS) is 10.5. The van der Waals surface area contributed by atoms with Gasteiger partial charge < -0.3 is 15.5 Å². The Hall–Kier alpha value is -2.43. The van der Waals surface area contributed by atoms with Crippen LogP contribution < -0.4 is 5.32 Å². The molecule has 4 heteroatoms. The molecule has 0 aliphatic rings. The maximum Gasteiger partial charge on any atom is 0.121 e. The smallest absolute Gasteiger partial charge is 0.121 e. The number of rotatable bonds is 6. The Morgan fingerprint density at radius 1 is 0.833 bits per heavy atom. The SMILES string of the molecule is OCc1cc(NCc2ccccc2Sc2ccccc2)ccc1O. The molecule has 0 fully saturated rings. The Morgan fingerprint density at radius 2 is 1.58 bits per heavy atom. The largest absolute Gasteiger partial charge is 0.508 e. The predicted molar refractivity (Wildman–Crippen MR) is 98.4 cm³/mol. The van der Waals surface area contributed by atoms with Gasteiger partial charge >= 0.3 is 0 Å². The quantitative estimate of drug-likeness (QED) is 0.573. The average molecular weight is 337 g/mol. The van der Waals surface area contributed by atoms with Gasteiger partial charge in [0.15, 0.2) is 0 Å². The summed E-state index contributed by atoms with van der Waals surface area (Å²) in [6.45, 7) is 0.494. The number of aliphatic hydroxyl groups excluding tert-OH is 1. The summed E-state index contributed by atoms with van der Waals surface area (Å²) in [5.74, 6) is 0.114. The minimum absolute atomic E-state index is 0.114. The molecule has 3 N–H and O–H groups in total. The van der Waals surface area contributed by atoms with Crippen LogP contribution >= 0.6 is 11.8 Å². The van der Waals surface area contributed by atoms with E-state index < -0.39 is 0 Å². The third kappa shape index (κ3) is 4.10. The van der Waals surface area contributed by atoms with Crippen molar-refractivity contribution in [3.63, 3.8) is 0 Å². The molecule has 0 aromatic heterocycles. The third-order valence-corrected chi connectivity index (χ3v) is 4.80. The molecule has 0 radical (unpaired) electrons. The molecule has 0 atom stereocenters. The van der Waals surface area contributed by atoms with Crippen LogP contribution in [0.4, 0.5) is 5.69 Å². The van der Waals surface area contributed by atoms with E-state index in [4.69, 9.17) is 0 Å². The number of hydrogen-bond acceptors (Lipinski definition) is 4. The number of aliphatic hydroxyl groups is 1. The van der Waals surface area contributed by atoms with Crippen LogP contribution in [0.25, 0.3) is 0 Å². The van der Waals surface area contributed by atoms with E-state index in [9.17, 15) is 10.2 Å². The van der Waals surface area contributed by atoms with Crippen molar-refractivity contribution in [2.75, 3.05) is 5.32 Å². The van der Waals surface area contributed by atoms with Gasteiger partial charge in [0.2, 0.25) is 0 Å². The summed E-state index contributed by atoms with van der Waals surface area (Å²) >= 11 is 1.74. The van der Waals surface area contributed by atoms with E-state index >= 15 is 0 Å². The fourth-order valence-electron chi connectivity index (χ4n) is 2.38. The first-order chi connectivity index (χ1) is 11.8. The van der Waals surface area contributed by atoms with Crippen molar-refractivity contribution in [1.29, 1.82) is 0 Å². The molecule has 0 aliphatic carbocycles. The Kier molecular flexibility index (Phi) is 5.41. The number of nitrogens with one attached hydrogen (secondary N) is 1. The number of anilines is 1. The Labute approximate surface area is 146 Å². The van der Waals surface area contributed by atoms with Gasteiger partial charge in [0.25, 0.3) is 0 Å². The first-order valence-corrected chi connectivity index (χ1v) is 8.55. The second-order valence-electron chi connectivity index (χ2n) is 5.38. The van der Waals surface area contributed by atoms with E-state index in [1.807, 2.05) is 30.3 Å². The van der Waals surface area contributed by atoms with Crippen LogP contribution in [0.5, 0.6) is 5.75 Å². The molecule has 3 rings (SSSR count).